The van der Waals surface area contributed by atoms with Gasteiger partial charge in [-0.3, -0.25) is 0 Å². The minimum atomic E-state index is -0.504. The maximum Gasteiger partial charge on any atom is 0.0653 e. The molecule has 0 radical (unpaired) electrons. The minimum Gasteiger partial charge on any atom is -0.390 e. The fourth-order valence-electron chi connectivity index (χ4n) is 5.88. The maximum absolute atomic E-state index is 11.2. The molecule has 4 unspecified atom stereocenters. The minimum absolute atomic E-state index is 0.170. The first-order valence-electron chi connectivity index (χ1n) is 9.31. The van der Waals surface area contributed by atoms with Crippen LogP contribution in [0.1, 0.15) is 86.5 Å². The number of hydrogen-bond donors (Lipinski definition) is 1. The standard InChI is InChI=1S/C21H38O/c1-8-18(2,3)14-10-17-20(6)13-9-12-19(4,5)16(20)11-15-21(17,7)22/h8,16-17,22H,1,9-15H2,2-7H3. The topological polar surface area (TPSA) is 20.2 Å². The zero-order valence-electron chi connectivity index (χ0n) is 15.8. The third-order valence-electron chi connectivity index (χ3n) is 7.39. The van der Waals surface area contributed by atoms with Crippen molar-refractivity contribution in [1.82, 2.24) is 0 Å². The molecule has 0 aromatic carbocycles. The van der Waals surface area contributed by atoms with Crippen molar-refractivity contribution in [3.63, 3.8) is 0 Å². The summed E-state index contributed by atoms with van der Waals surface area (Å²) < 4.78 is 0. The van der Waals surface area contributed by atoms with Crippen LogP contribution in [0, 0.1) is 28.1 Å². The number of aliphatic hydroxyl groups is 1. The summed E-state index contributed by atoms with van der Waals surface area (Å²) in [5, 5.41) is 11.2. The Morgan fingerprint density at radius 3 is 2.36 bits per heavy atom. The van der Waals surface area contributed by atoms with E-state index in [0.29, 0.717) is 16.7 Å². The molecule has 0 amide bonds. The molecule has 22 heavy (non-hydrogen) atoms. The zero-order chi connectivity index (χ0) is 16.8. The first-order chi connectivity index (χ1) is 9.95. The second-order valence-corrected chi connectivity index (χ2v) is 10.1. The van der Waals surface area contributed by atoms with Gasteiger partial charge in [0.05, 0.1) is 5.60 Å². The molecule has 2 aliphatic rings. The first kappa shape index (κ1) is 18.0. The lowest BCUT2D eigenvalue weighted by molar-refractivity contribution is -0.170. The predicted octanol–water partition coefficient (Wildman–Crippen LogP) is 5.97. The van der Waals surface area contributed by atoms with Crippen molar-refractivity contribution >= 4 is 0 Å². The summed E-state index contributed by atoms with van der Waals surface area (Å²) in [6.07, 6.45) is 10.4. The maximum atomic E-state index is 11.2. The van der Waals surface area contributed by atoms with Crippen molar-refractivity contribution in [2.75, 3.05) is 0 Å². The molecule has 0 aromatic rings. The monoisotopic (exact) mass is 306 g/mol. The molecule has 2 fully saturated rings. The van der Waals surface area contributed by atoms with Crippen molar-refractivity contribution in [1.29, 1.82) is 0 Å². The average molecular weight is 307 g/mol. The number of fused-ring (bicyclic) bond motifs is 1. The third-order valence-corrected chi connectivity index (χ3v) is 7.39. The van der Waals surface area contributed by atoms with Gasteiger partial charge in [-0.15, -0.1) is 6.58 Å². The zero-order valence-corrected chi connectivity index (χ0v) is 15.8. The number of rotatable bonds is 4. The van der Waals surface area contributed by atoms with Crippen LogP contribution in [0.2, 0.25) is 0 Å². The fraction of sp³-hybridized carbons (Fsp3) is 0.905. The molecule has 1 nitrogen and oxygen atoms in total. The van der Waals surface area contributed by atoms with Crippen LogP contribution in [0.25, 0.3) is 0 Å². The number of allylic oxidation sites excluding steroid dienone is 1. The van der Waals surface area contributed by atoms with Crippen LogP contribution in [0.4, 0.5) is 0 Å². The smallest absolute Gasteiger partial charge is 0.0653 e. The molecule has 1 N–H and O–H groups in total. The van der Waals surface area contributed by atoms with Gasteiger partial charge in [0.25, 0.3) is 0 Å². The Labute approximate surface area is 138 Å². The molecule has 2 aliphatic carbocycles. The normalized spacial score (nSPS) is 41.8. The van der Waals surface area contributed by atoms with Gasteiger partial charge >= 0.3 is 0 Å². The molecule has 0 aliphatic heterocycles. The molecule has 0 spiro atoms. The van der Waals surface area contributed by atoms with Gasteiger partial charge in [-0.1, -0.05) is 47.1 Å². The molecule has 128 valence electrons. The van der Waals surface area contributed by atoms with E-state index in [1.807, 2.05) is 0 Å². The van der Waals surface area contributed by atoms with Gasteiger partial charge in [0.1, 0.15) is 0 Å². The highest BCUT2D eigenvalue weighted by atomic mass is 16.3. The van der Waals surface area contributed by atoms with Crippen molar-refractivity contribution in [2.24, 2.45) is 28.1 Å². The molecule has 4 atom stereocenters. The Morgan fingerprint density at radius 2 is 1.77 bits per heavy atom. The molecule has 2 saturated carbocycles. The lowest BCUT2D eigenvalue weighted by atomic mass is 9.45. The molecular formula is C21H38O. The molecule has 1 heteroatoms. The summed E-state index contributed by atoms with van der Waals surface area (Å²) >= 11 is 0. The largest absolute Gasteiger partial charge is 0.390 e. The summed E-state index contributed by atoms with van der Waals surface area (Å²) in [5.41, 5.74) is 0.385. The summed E-state index contributed by atoms with van der Waals surface area (Å²) in [6, 6.07) is 0. The van der Waals surface area contributed by atoms with Crippen molar-refractivity contribution < 1.29 is 5.11 Å². The van der Waals surface area contributed by atoms with E-state index in [4.69, 9.17) is 0 Å². The second kappa shape index (κ2) is 5.65. The van der Waals surface area contributed by atoms with E-state index >= 15 is 0 Å². The van der Waals surface area contributed by atoms with E-state index in [9.17, 15) is 5.11 Å². The summed E-state index contributed by atoms with van der Waals surface area (Å²) in [5.74, 6) is 1.17. The Hall–Kier alpha value is -0.300. The fourth-order valence-corrected chi connectivity index (χ4v) is 5.88. The van der Waals surface area contributed by atoms with E-state index in [0.717, 1.165) is 25.2 Å². The Bertz CT molecular complexity index is 418. The quantitative estimate of drug-likeness (QED) is 0.634. The van der Waals surface area contributed by atoms with Gasteiger partial charge in [0.2, 0.25) is 0 Å². The van der Waals surface area contributed by atoms with Gasteiger partial charge in [0.15, 0.2) is 0 Å². The van der Waals surface area contributed by atoms with E-state index in [2.05, 4.69) is 54.2 Å². The highest BCUT2D eigenvalue weighted by Gasteiger charge is 2.57. The molecule has 0 heterocycles. The van der Waals surface area contributed by atoms with Crippen LogP contribution in [0.5, 0.6) is 0 Å². The molecule has 0 saturated heterocycles. The Kier molecular flexibility index (Phi) is 4.64. The van der Waals surface area contributed by atoms with Crippen LogP contribution < -0.4 is 0 Å². The molecular weight excluding hydrogens is 268 g/mol. The average Bonchev–Trinajstić information content (AvgIpc) is 2.35. The summed E-state index contributed by atoms with van der Waals surface area (Å²) in [6.45, 7) is 18.0. The Morgan fingerprint density at radius 1 is 1.14 bits per heavy atom. The SMILES string of the molecule is C=CC(C)(C)CCC1C(C)(O)CCC2C(C)(C)CCCC21C. The van der Waals surface area contributed by atoms with Crippen molar-refractivity contribution in [3.8, 4) is 0 Å². The van der Waals surface area contributed by atoms with Gasteiger partial charge in [-0.2, -0.15) is 0 Å². The number of hydrogen-bond acceptors (Lipinski definition) is 1. The van der Waals surface area contributed by atoms with Gasteiger partial charge in [0, 0.05) is 0 Å². The third kappa shape index (κ3) is 3.16. The van der Waals surface area contributed by atoms with Gasteiger partial charge in [-0.25, -0.2) is 0 Å². The van der Waals surface area contributed by atoms with E-state index in [-0.39, 0.29) is 5.41 Å². The van der Waals surface area contributed by atoms with E-state index in [1.54, 1.807) is 0 Å². The van der Waals surface area contributed by atoms with Crippen molar-refractivity contribution in [3.05, 3.63) is 12.7 Å². The van der Waals surface area contributed by atoms with Crippen LogP contribution in [-0.2, 0) is 0 Å². The lowest BCUT2D eigenvalue weighted by Gasteiger charge is -2.61. The lowest BCUT2D eigenvalue weighted by Crippen LogP contribution is -2.57. The van der Waals surface area contributed by atoms with Gasteiger partial charge in [-0.05, 0) is 73.5 Å². The van der Waals surface area contributed by atoms with Crippen LogP contribution in [-0.4, -0.2) is 10.7 Å². The van der Waals surface area contributed by atoms with Crippen LogP contribution in [0.15, 0.2) is 12.7 Å². The highest BCUT2D eigenvalue weighted by Crippen LogP contribution is 2.63. The summed E-state index contributed by atoms with van der Waals surface area (Å²) in [4.78, 5) is 0. The Balaban J connectivity index is 2.28. The molecule has 2 rings (SSSR count). The second-order valence-electron chi connectivity index (χ2n) is 10.1. The van der Waals surface area contributed by atoms with E-state index < -0.39 is 5.60 Å². The predicted molar refractivity (Wildman–Crippen MR) is 95.8 cm³/mol. The summed E-state index contributed by atoms with van der Waals surface area (Å²) in [7, 11) is 0. The van der Waals surface area contributed by atoms with Gasteiger partial charge < -0.3 is 5.11 Å². The van der Waals surface area contributed by atoms with Crippen molar-refractivity contribution in [2.45, 2.75) is 92.1 Å². The van der Waals surface area contributed by atoms with Crippen LogP contribution in [0.3, 0.4) is 0 Å². The van der Waals surface area contributed by atoms with Crippen LogP contribution >= 0.6 is 0 Å². The molecule has 0 bridgehead atoms. The highest BCUT2D eigenvalue weighted by molar-refractivity contribution is 5.07. The van der Waals surface area contributed by atoms with E-state index in [1.165, 1.54) is 25.7 Å². The first-order valence-corrected chi connectivity index (χ1v) is 9.31. The molecule has 0 aromatic heterocycles.